The summed E-state index contributed by atoms with van der Waals surface area (Å²) in [6.07, 6.45) is 0. The minimum atomic E-state index is -4.00. The molecule has 4 N–H and O–H groups in total. The fraction of sp³-hybridized carbons (Fsp3) is 0.462. The first-order valence-corrected chi connectivity index (χ1v) is 7.84. The van der Waals surface area contributed by atoms with Crippen LogP contribution >= 0.6 is 0 Å². The van der Waals surface area contributed by atoms with Gasteiger partial charge in [-0.25, -0.2) is 17.9 Å². The van der Waals surface area contributed by atoms with Crippen LogP contribution in [0.3, 0.4) is 0 Å². The third kappa shape index (κ3) is 4.69. The molecule has 0 saturated heterocycles. The predicted molar refractivity (Wildman–Crippen MR) is 78.7 cm³/mol. The van der Waals surface area contributed by atoms with Gasteiger partial charge in [-0.3, -0.25) is 0 Å². The molecule has 0 aliphatic heterocycles. The van der Waals surface area contributed by atoms with E-state index in [4.69, 9.17) is 15.6 Å². The highest BCUT2D eigenvalue weighted by molar-refractivity contribution is 7.89. The van der Waals surface area contributed by atoms with Gasteiger partial charge in [0.05, 0.1) is 16.1 Å². The fourth-order valence-electron chi connectivity index (χ4n) is 1.73. The molecule has 0 spiro atoms. The van der Waals surface area contributed by atoms with Crippen LogP contribution in [0.2, 0.25) is 0 Å². The van der Waals surface area contributed by atoms with Gasteiger partial charge in [-0.2, -0.15) is 0 Å². The molecule has 7 nitrogen and oxygen atoms in total. The number of carboxylic acid groups (broad SMARTS) is 1. The highest BCUT2D eigenvalue weighted by atomic mass is 32.2. The van der Waals surface area contributed by atoms with Crippen LogP contribution in [0.25, 0.3) is 0 Å². The third-order valence-electron chi connectivity index (χ3n) is 2.75. The molecular weight excluding hydrogens is 296 g/mol. The van der Waals surface area contributed by atoms with Crippen molar-refractivity contribution in [2.75, 3.05) is 18.9 Å². The van der Waals surface area contributed by atoms with Crippen molar-refractivity contribution in [3.05, 3.63) is 23.8 Å². The van der Waals surface area contributed by atoms with Gasteiger partial charge in [0.1, 0.15) is 0 Å². The predicted octanol–water partition coefficient (Wildman–Crippen LogP) is 1.06. The Kier molecular flexibility index (Phi) is 5.32. The summed E-state index contributed by atoms with van der Waals surface area (Å²) in [5.41, 5.74) is 4.68. The summed E-state index contributed by atoms with van der Waals surface area (Å²) in [5, 5.41) is 9.07. The van der Waals surface area contributed by atoms with Gasteiger partial charge in [-0.1, -0.05) is 0 Å². The van der Waals surface area contributed by atoms with E-state index in [9.17, 15) is 13.2 Å². The Hall–Kier alpha value is -1.64. The number of benzene rings is 1. The van der Waals surface area contributed by atoms with E-state index in [0.717, 1.165) is 6.07 Å². The van der Waals surface area contributed by atoms with Crippen LogP contribution in [0, 0.1) is 0 Å². The summed E-state index contributed by atoms with van der Waals surface area (Å²) >= 11 is 0. The number of nitrogens with two attached hydrogens (primary N) is 1. The number of carbonyl (C=O) groups is 1. The number of nitrogens with one attached hydrogen (secondary N) is 1. The standard InChI is InChI=1S/C13H20N2O5S/c1-4-20-13(2,3)8-15-21(18,19)11-7-9(14)5-6-10(11)12(16)17/h5-7,15H,4,8,14H2,1-3H3,(H,16,17). The molecule has 0 aromatic heterocycles. The van der Waals surface area contributed by atoms with Gasteiger partial charge in [-0.05, 0) is 39.0 Å². The van der Waals surface area contributed by atoms with Crippen molar-refractivity contribution in [2.45, 2.75) is 31.3 Å². The van der Waals surface area contributed by atoms with Crippen LogP contribution in [0.5, 0.6) is 0 Å². The minimum Gasteiger partial charge on any atom is -0.478 e. The van der Waals surface area contributed by atoms with Crippen molar-refractivity contribution < 1.29 is 23.1 Å². The Balaban J connectivity index is 3.09. The number of rotatable bonds is 7. The molecule has 0 radical (unpaired) electrons. The minimum absolute atomic E-state index is 0.0109. The molecule has 0 bridgehead atoms. The molecule has 0 atom stereocenters. The summed E-state index contributed by atoms with van der Waals surface area (Å²) in [5.74, 6) is -1.33. The second-order valence-electron chi connectivity index (χ2n) is 5.08. The molecule has 118 valence electrons. The van der Waals surface area contributed by atoms with Crippen LogP contribution in [0.4, 0.5) is 5.69 Å². The zero-order valence-electron chi connectivity index (χ0n) is 12.2. The lowest BCUT2D eigenvalue weighted by atomic mass is 10.1. The van der Waals surface area contributed by atoms with E-state index >= 15 is 0 Å². The van der Waals surface area contributed by atoms with Crippen LogP contribution in [0.1, 0.15) is 31.1 Å². The quantitative estimate of drug-likeness (QED) is 0.647. The molecule has 0 aliphatic carbocycles. The number of anilines is 1. The highest BCUT2D eigenvalue weighted by Gasteiger charge is 2.26. The molecule has 8 heteroatoms. The number of carboxylic acids is 1. The van der Waals surface area contributed by atoms with Crippen molar-refractivity contribution in [3.8, 4) is 0 Å². The van der Waals surface area contributed by atoms with E-state index in [1.807, 2.05) is 0 Å². The number of nitrogen functional groups attached to an aromatic ring is 1. The zero-order chi connectivity index (χ0) is 16.3. The zero-order valence-corrected chi connectivity index (χ0v) is 13.0. The van der Waals surface area contributed by atoms with E-state index < -0.39 is 21.6 Å². The number of ether oxygens (including phenoxy) is 1. The summed E-state index contributed by atoms with van der Waals surface area (Å²) in [7, 11) is -4.00. The fourth-order valence-corrected chi connectivity index (χ4v) is 3.16. The molecule has 0 saturated carbocycles. The lowest BCUT2D eigenvalue weighted by Crippen LogP contribution is -2.40. The summed E-state index contributed by atoms with van der Waals surface area (Å²) in [4.78, 5) is 10.8. The van der Waals surface area contributed by atoms with E-state index in [2.05, 4.69) is 4.72 Å². The summed E-state index contributed by atoms with van der Waals surface area (Å²) in [6, 6.07) is 3.63. The lowest BCUT2D eigenvalue weighted by molar-refractivity contribution is -0.00515. The number of sulfonamides is 1. The Morgan fingerprint density at radius 1 is 1.43 bits per heavy atom. The van der Waals surface area contributed by atoms with E-state index in [1.165, 1.54) is 12.1 Å². The monoisotopic (exact) mass is 316 g/mol. The largest absolute Gasteiger partial charge is 0.478 e. The first-order chi connectivity index (χ1) is 9.59. The van der Waals surface area contributed by atoms with Gasteiger partial charge in [0.15, 0.2) is 0 Å². The van der Waals surface area contributed by atoms with Gasteiger partial charge < -0.3 is 15.6 Å². The summed E-state index contributed by atoms with van der Waals surface area (Å²) < 4.78 is 32.3. The van der Waals surface area contributed by atoms with Gasteiger partial charge >= 0.3 is 5.97 Å². The van der Waals surface area contributed by atoms with Crippen molar-refractivity contribution in [1.29, 1.82) is 0 Å². The van der Waals surface area contributed by atoms with Crippen LogP contribution in [0.15, 0.2) is 23.1 Å². The second-order valence-corrected chi connectivity index (χ2v) is 6.81. The van der Waals surface area contributed by atoms with E-state index in [-0.39, 0.29) is 22.7 Å². The Morgan fingerprint density at radius 3 is 2.57 bits per heavy atom. The van der Waals surface area contributed by atoms with Crippen LogP contribution < -0.4 is 10.5 Å². The molecule has 0 heterocycles. The number of aromatic carboxylic acids is 1. The topological polar surface area (TPSA) is 119 Å². The average Bonchev–Trinajstić information content (AvgIpc) is 2.36. The van der Waals surface area contributed by atoms with E-state index in [1.54, 1.807) is 20.8 Å². The summed E-state index contributed by atoms with van der Waals surface area (Å²) in [6.45, 7) is 5.72. The smallest absolute Gasteiger partial charge is 0.337 e. The SMILES string of the molecule is CCOC(C)(C)CNS(=O)(=O)c1cc(N)ccc1C(=O)O. The first kappa shape index (κ1) is 17.4. The highest BCUT2D eigenvalue weighted by Crippen LogP contribution is 2.20. The maximum absolute atomic E-state index is 12.3. The van der Waals surface area contributed by atoms with Crippen molar-refractivity contribution in [2.24, 2.45) is 0 Å². The normalized spacial score (nSPS) is 12.3. The molecule has 1 aromatic rings. The molecule has 0 aliphatic rings. The van der Waals surface area contributed by atoms with Gasteiger partial charge in [0.2, 0.25) is 10.0 Å². The van der Waals surface area contributed by atoms with Crippen molar-refractivity contribution >= 4 is 21.7 Å². The van der Waals surface area contributed by atoms with Crippen molar-refractivity contribution in [3.63, 3.8) is 0 Å². The van der Waals surface area contributed by atoms with Crippen molar-refractivity contribution in [1.82, 2.24) is 4.72 Å². The molecule has 1 rings (SSSR count). The maximum Gasteiger partial charge on any atom is 0.337 e. The molecular formula is C13H20N2O5S. The first-order valence-electron chi connectivity index (χ1n) is 6.35. The maximum atomic E-state index is 12.3. The lowest BCUT2D eigenvalue weighted by Gasteiger charge is -2.25. The third-order valence-corrected chi connectivity index (χ3v) is 4.19. The average molecular weight is 316 g/mol. The Bertz CT molecular complexity index is 625. The van der Waals surface area contributed by atoms with Gasteiger partial charge in [0, 0.05) is 18.8 Å². The second kappa shape index (κ2) is 6.42. The van der Waals surface area contributed by atoms with E-state index in [0.29, 0.717) is 6.61 Å². The number of hydrogen-bond acceptors (Lipinski definition) is 5. The van der Waals surface area contributed by atoms with Crippen LogP contribution in [-0.4, -0.2) is 38.2 Å². The molecule has 0 amide bonds. The molecule has 21 heavy (non-hydrogen) atoms. The van der Waals surface area contributed by atoms with Gasteiger partial charge in [-0.15, -0.1) is 0 Å². The molecule has 1 aromatic carbocycles. The van der Waals surface area contributed by atoms with Gasteiger partial charge in [0.25, 0.3) is 0 Å². The Morgan fingerprint density at radius 2 is 2.05 bits per heavy atom. The van der Waals surface area contributed by atoms with Crippen LogP contribution in [-0.2, 0) is 14.8 Å². The Labute approximate surface area is 124 Å². The molecule has 0 fully saturated rings. The molecule has 0 unspecified atom stereocenters. The number of hydrogen-bond donors (Lipinski definition) is 3.